The largest absolute Gasteiger partial charge is 0.345 e. The van der Waals surface area contributed by atoms with Crippen molar-refractivity contribution in [2.45, 2.75) is 83.1 Å². The molecule has 1 aliphatic carbocycles. The predicted octanol–water partition coefficient (Wildman–Crippen LogP) is 1.97. The molecule has 0 spiro atoms. The van der Waals surface area contributed by atoms with Crippen LogP contribution in [0.5, 0.6) is 0 Å². The molecule has 3 heterocycles. The van der Waals surface area contributed by atoms with Crippen LogP contribution in [0, 0.1) is 11.3 Å². The zero-order valence-corrected chi connectivity index (χ0v) is 25.9. The first-order valence-corrected chi connectivity index (χ1v) is 16.7. The molecule has 3 aliphatic rings. The molecule has 5 rings (SSSR count). The Labute approximate surface area is 252 Å². The summed E-state index contributed by atoms with van der Waals surface area (Å²) in [5, 5.41) is 1.99. The number of carbonyl (C=O) groups is 4. The van der Waals surface area contributed by atoms with Crippen LogP contribution in [0.4, 0.5) is 0 Å². The smallest absolute Gasteiger partial charge is 0.252 e. The number of aromatic nitrogens is 2. The number of sulfonamides is 1. The lowest BCUT2D eigenvalue weighted by atomic mass is 9.77. The quantitative estimate of drug-likeness (QED) is 0.438. The fourth-order valence-electron chi connectivity index (χ4n) is 6.13. The molecule has 1 unspecified atom stereocenters. The second kappa shape index (κ2) is 12.3. The molecule has 234 valence electrons. The molecule has 4 amide bonds. The van der Waals surface area contributed by atoms with E-state index in [0.717, 1.165) is 30.3 Å². The van der Waals surface area contributed by atoms with Crippen molar-refractivity contribution in [2.24, 2.45) is 11.3 Å². The molecule has 3 fully saturated rings. The van der Waals surface area contributed by atoms with Gasteiger partial charge in [-0.15, -0.1) is 0 Å². The van der Waals surface area contributed by atoms with Gasteiger partial charge in [0.1, 0.15) is 6.04 Å². The third-order valence-corrected chi connectivity index (χ3v) is 10.7. The van der Waals surface area contributed by atoms with Crippen LogP contribution in [0.15, 0.2) is 30.6 Å². The molecule has 1 aromatic carbocycles. The standard InChI is InChI=1S/C30H42N6O6S/c1-30(2,3)22(16-27(38)34-13-7-4-8-14-34)29(40)35-18-20(36-19-32-23-9-5-6-10-24(23)36)15-25(35)28(39)31-17-26(37)33-43(41,42)21-11-12-21/h5-6,9-10,19-22,25H,4,7-8,11-18H2,1-3H3,(H,31,39)(H,33,37)/t20-,22?,25+/m1/s1. The van der Waals surface area contributed by atoms with Gasteiger partial charge in [-0.3, -0.25) is 23.9 Å². The molecular formula is C30H42N6O6S. The van der Waals surface area contributed by atoms with Crippen LogP contribution in [0.3, 0.4) is 0 Å². The summed E-state index contributed by atoms with van der Waals surface area (Å²) < 4.78 is 28.3. The van der Waals surface area contributed by atoms with E-state index in [1.165, 1.54) is 4.90 Å². The summed E-state index contributed by atoms with van der Waals surface area (Å²) in [5.41, 5.74) is 1.11. The normalized spacial score (nSPS) is 21.9. The second-order valence-electron chi connectivity index (χ2n) is 13.1. The summed E-state index contributed by atoms with van der Waals surface area (Å²) in [6, 6.07) is 6.43. The summed E-state index contributed by atoms with van der Waals surface area (Å²) in [7, 11) is -3.75. The van der Waals surface area contributed by atoms with Gasteiger partial charge in [-0.25, -0.2) is 13.4 Å². The molecule has 1 saturated carbocycles. The summed E-state index contributed by atoms with van der Waals surface area (Å²) in [6.45, 7) is 6.85. The maximum absolute atomic E-state index is 14.3. The minimum atomic E-state index is -3.75. The lowest BCUT2D eigenvalue weighted by Crippen LogP contribution is -2.52. The fourth-order valence-corrected chi connectivity index (χ4v) is 7.44. The van der Waals surface area contributed by atoms with Gasteiger partial charge in [-0.2, -0.15) is 0 Å². The molecule has 0 radical (unpaired) electrons. The topological polar surface area (TPSA) is 151 Å². The van der Waals surface area contributed by atoms with E-state index in [1.54, 1.807) is 6.33 Å². The molecule has 2 aromatic rings. The van der Waals surface area contributed by atoms with Crippen molar-refractivity contribution in [2.75, 3.05) is 26.2 Å². The monoisotopic (exact) mass is 614 g/mol. The SMILES string of the molecule is CC(C)(C)C(CC(=O)N1CCCCC1)C(=O)N1C[C@H](n2cnc3ccccc32)C[C@H]1C(=O)NCC(=O)NS(=O)(=O)C1CC1. The highest BCUT2D eigenvalue weighted by Gasteiger charge is 2.46. The lowest BCUT2D eigenvalue weighted by molar-refractivity contribution is -0.148. The van der Waals surface area contributed by atoms with Gasteiger partial charge < -0.3 is 19.7 Å². The number of nitrogens with zero attached hydrogens (tertiary/aromatic N) is 4. The molecule has 2 saturated heterocycles. The highest BCUT2D eigenvalue weighted by atomic mass is 32.2. The number of imidazole rings is 1. The Morgan fingerprint density at radius 3 is 2.42 bits per heavy atom. The summed E-state index contributed by atoms with van der Waals surface area (Å²) >= 11 is 0. The van der Waals surface area contributed by atoms with Crippen molar-refractivity contribution in [1.29, 1.82) is 0 Å². The van der Waals surface area contributed by atoms with Gasteiger partial charge in [-0.1, -0.05) is 32.9 Å². The summed E-state index contributed by atoms with van der Waals surface area (Å²) in [4.78, 5) is 61.4. The Morgan fingerprint density at radius 2 is 1.74 bits per heavy atom. The van der Waals surface area contributed by atoms with Crippen LogP contribution in [0.25, 0.3) is 11.0 Å². The van der Waals surface area contributed by atoms with Gasteiger partial charge >= 0.3 is 0 Å². The molecule has 13 heteroatoms. The molecule has 0 bridgehead atoms. The van der Waals surface area contributed by atoms with Gasteiger partial charge in [0.2, 0.25) is 27.7 Å². The number of benzene rings is 1. The van der Waals surface area contributed by atoms with Crippen molar-refractivity contribution in [3.05, 3.63) is 30.6 Å². The number of para-hydroxylation sites is 2. The predicted molar refractivity (Wildman–Crippen MR) is 160 cm³/mol. The van der Waals surface area contributed by atoms with Crippen molar-refractivity contribution in [1.82, 2.24) is 29.4 Å². The maximum atomic E-state index is 14.3. The van der Waals surface area contributed by atoms with Crippen molar-refractivity contribution in [3.8, 4) is 0 Å². The average molecular weight is 615 g/mol. The Bertz CT molecular complexity index is 1490. The van der Waals surface area contributed by atoms with Gasteiger partial charge in [0.25, 0.3) is 5.91 Å². The summed E-state index contributed by atoms with van der Waals surface area (Å²) in [6.07, 6.45) is 6.03. The van der Waals surface area contributed by atoms with E-state index in [1.807, 2.05) is 59.2 Å². The number of carbonyl (C=O) groups excluding carboxylic acids is 4. The highest BCUT2D eigenvalue weighted by Crippen LogP contribution is 2.37. The van der Waals surface area contributed by atoms with Gasteiger partial charge in [0.15, 0.2) is 0 Å². The van der Waals surface area contributed by atoms with Gasteiger partial charge in [-0.05, 0) is 56.1 Å². The molecule has 12 nitrogen and oxygen atoms in total. The molecule has 2 N–H and O–H groups in total. The van der Waals surface area contributed by atoms with E-state index in [9.17, 15) is 27.6 Å². The van der Waals surface area contributed by atoms with E-state index >= 15 is 0 Å². The van der Waals surface area contributed by atoms with Crippen LogP contribution in [-0.2, 0) is 29.2 Å². The minimum absolute atomic E-state index is 0.0489. The van der Waals surface area contributed by atoms with Crippen LogP contribution in [0.2, 0.25) is 0 Å². The third kappa shape index (κ3) is 7.02. The van der Waals surface area contributed by atoms with Gasteiger partial charge in [0.05, 0.1) is 41.1 Å². The number of fused-ring (bicyclic) bond motifs is 1. The zero-order chi connectivity index (χ0) is 30.9. The molecule has 2 aliphatic heterocycles. The molecular weight excluding hydrogens is 572 g/mol. The number of nitrogens with one attached hydrogen (secondary N) is 2. The van der Waals surface area contributed by atoms with E-state index in [2.05, 4.69) is 10.3 Å². The molecule has 1 aromatic heterocycles. The highest BCUT2D eigenvalue weighted by molar-refractivity contribution is 7.90. The Hall–Kier alpha value is -3.48. The zero-order valence-electron chi connectivity index (χ0n) is 25.1. The van der Waals surface area contributed by atoms with Crippen LogP contribution >= 0.6 is 0 Å². The fraction of sp³-hybridized carbons (Fsp3) is 0.633. The summed E-state index contributed by atoms with van der Waals surface area (Å²) in [5.74, 6) is -2.38. The first-order valence-electron chi connectivity index (χ1n) is 15.2. The Kier molecular flexibility index (Phi) is 8.82. The van der Waals surface area contributed by atoms with Crippen molar-refractivity contribution >= 4 is 44.7 Å². The van der Waals surface area contributed by atoms with Crippen LogP contribution in [-0.4, -0.2) is 88.9 Å². The number of amides is 4. The lowest BCUT2D eigenvalue weighted by Gasteiger charge is -2.36. The Balaban J connectivity index is 1.36. The first kappa shape index (κ1) is 31.0. The number of rotatable bonds is 9. The Morgan fingerprint density at radius 1 is 1.05 bits per heavy atom. The number of hydrogen-bond acceptors (Lipinski definition) is 7. The van der Waals surface area contributed by atoms with Crippen LogP contribution < -0.4 is 10.0 Å². The number of piperidine rings is 1. The van der Waals surface area contributed by atoms with E-state index in [0.29, 0.717) is 25.9 Å². The second-order valence-corrected chi connectivity index (χ2v) is 15.0. The molecule has 43 heavy (non-hydrogen) atoms. The maximum Gasteiger partial charge on any atom is 0.252 e. The van der Waals surface area contributed by atoms with E-state index in [-0.39, 0.29) is 37.2 Å². The van der Waals surface area contributed by atoms with E-state index in [4.69, 9.17) is 0 Å². The number of hydrogen-bond donors (Lipinski definition) is 2. The van der Waals surface area contributed by atoms with Gasteiger partial charge in [0, 0.05) is 26.1 Å². The van der Waals surface area contributed by atoms with E-state index < -0.39 is 51.0 Å². The van der Waals surface area contributed by atoms with Crippen LogP contribution in [0.1, 0.15) is 71.8 Å². The third-order valence-electron chi connectivity index (χ3n) is 8.81. The van der Waals surface area contributed by atoms with Crippen molar-refractivity contribution < 1.29 is 27.6 Å². The minimum Gasteiger partial charge on any atom is -0.345 e. The first-order chi connectivity index (χ1) is 20.3. The molecule has 3 atom stereocenters. The average Bonchev–Trinajstić information content (AvgIpc) is 3.62. The van der Waals surface area contributed by atoms with Crippen molar-refractivity contribution in [3.63, 3.8) is 0 Å². The number of likely N-dealkylation sites (tertiary alicyclic amines) is 2.